The quantitative estimate of drug-likeness (QED) is 0.567. The third-order valence-corrected chi connectivity index (χ3v) is 5.95. The van der Waals surface area contributed by atoms with Gasteiger partial charge in [0.25, 0.3) is 0 Å². The molecule has 1 aliphatic carbocycles. The molecule has 1 aromatic rings. The lowest BCUT2D eigenvalue weighted by molar-refractivity contribution is -0.121. The molecule has 0 spiro atoms. The van der Waals surface area contributed by atoms with Crippen LogP contribution in [0.4, 0.5) is 5.69 Å². The van der Waals surface area contributed by atoms with Crippen molar-refractivity contribution in [1.82, 2.24) is 5.32 Å². The minimum absolute atomic E-state index is 0.0310. The number of anilines is 1. The zero-order valence-corrected chi connectivity index (χ0v) is 17.8. The average Bonchev–Trinajstić information content (AvgIpc) is 2.66. The highest BCUT2D eigenvalue weighted by Gasteiger charge is 2.17. The van der Waals surface area contributed by atoms with E-state index in [0.717, 1.165) is 19.3 Å². The van der Waals surface area contributed by atoms with Gasteiger partial charge in [-0.2, -0.15) is 0 Å². The van der Waals surface area contributed by atoms with Crippen molar-refractivity contribution in [1.29, 1.82) is 0 Å². The molecular formula is C21H32N2O4S. The van der Waals surface area contributed by atoms with Crippen LogP contribution in [0.1, 0.15) is 51.9 Å². The Bertz CT molecular complexity index is 757. The minimum atomic E-state index is -3.42. The number of sulfonamides is 1. The number of allylic oxidation sites excluding steroid dienone is 1. The van der Waals surface area contributed by atoms with Crippen molar-refractivity contribution in [2.24, 2.45) is 0 Å². The van der Waals surface area contributed by atoms with E-state index in [1.54, 1.807) is 24.3 Å². The number of amides is 1. The highest BCUT2D eigenvalue weighted by atomic mass is 32.2. The number of hydrogen-bond acceptors (Lipinski definition) is 4. The summed E-state index contributed by atoms with van der Waals surface area (Å²) in [6.07, 6.45) is 9.95. The summed E-state index contributed by atoms with van der Waals surface area (Å²) in [7, 11) is -3.42. The highest BCUT2D eigenvalue weighted by Crippen LogP contribution is 2.22. The summed E-state index contributed by atoms with van der Waals surface area (Å²) in [5.41, 5.74) is 2.01. The van der Waals surface area contributed by atoms with Crippen LogP contribution in [0, 0.1) is 0 Å². The molecule has 7 heteroatoms. The summed E-state index contributed by atoms with van der Waals surface area (Å²) < 4.78 is 31.0. The maximum atomic E-state index is 12.2. The number of nitrogens with one attached hydrogen (secondary N) is 1. The first kappa shape index (κ1) is 22.3. The van der Waals surface area contributed by atoms with Gasteiger partial charge in [0.2, 0.25) is 15.9 Å². The maximum Gasteiger partial charge on any atom is 0.232 e. The van der Waals surface area contributed by atoms with Crippen molar-refractivity contribution in [3.63, 3.8) is 0 Å². The molecule has 0 radical (unpaired) electrons. The van der Waals surface area contributed by atoms with Crippen LogP contribution < -0.4 is 14.4 Å². The SMILES string of the molecule is CCOc1ccc(N(CCCC(=O)NCCC2=CCCCC2)S(C)(=O)=O)cc1. The van der Waals surface area contributed by atoms with E-state index >= 15 is 0 Å². The first-order valence-electron chi connectivity index (χ1n) is 10.1. The Kier molecular flexibility index (Phi) is 8.83. The van der Waals surface area contributed by atoms with E-state index in [0.29, 0.717) is 37.4 Å². The third kappa shape index (κ3) is 7.54. The van der Waals surface area contributed by atoms with Crippen molar-refractivity contribution in [3.8, 4) is 5.75 Å². The summed E-state index contributed by atoms with van der Waals surface area (Å²) >= 11 is 0. The van der Waals surface area contributed by atoms with Gasteiger partial charge in [0, 0.05) is 19.5 Å². The molecule has 1 aliphatic rings. The molecule has 1 N–H and O–H groups in total. The lowest BCUT2D eigenvalue weighted by Crippen LogP contribution is -2.32. The molecule has 0 saturated heterocycles. The number of hydrogen-bond donors (Lipinski definition) is 1. The third-order valence-electron chi connectivity index (χ3n) is 4.75. The molecule has 0 saturated carbocycles. The number of benzene rings is 1. The van der Waals surface area contributed by atoms with Gasteiger partial charge in [-0.15, -0.1) is 0 Å². The van der Waals surface area contributed by atoms with Gasteiger partial charge in [0.1, 0.15) is 5.75 Å². The zero-order chi connectivity index (χ0) is 20.4. The van der Waals surface area contributed by atoms with Crippen LogP contribution in [-0.4, -0.2) is 40.3 Å². The first-order valence-corrected chi connectivity index (χ1v) is 11.9. The van der Waals surface area contributed by atoms with E-state index in [1.165, 1.54) is 29.0 Å². The lowest BCUT2D eigenvalue weighted by Gasteiger charge is -2.22. The van der Waals surface area contributed by atoms with Crippen molar-refractivity contribution < 1.29 is 17.9 Å². The molecule has 1 amide bonds. The van der Waals surface area contributed by atoms with E-state index in [4.69, 9.17) is 4.74 Å². The predicted octanol–water partition coefficient (Wildman–Crippen LogP) is 3.64. The van der Waals surface area contributed by atoms with Crippen LogP contribution in [-0.2, 0) is 14.8 Å². The van der Waals surface area contributed by atoms with Crippen LogP contribution in [0.2, 0.25) is 0 Å². The van der Waals surface area contributed by atoms with Crippen LogP contribution >= 0.6 is 0 Å². The lowest BCUT2D eigenvalue weighted by atomic mass is 9.97. The van der Waals surface area contributed by atoms with Crippen molar-refractivity contribution in [2.45, 2.75) is 51.9 Å². The fourth-order valence-electron chi connectivity index (χ4n) is 3.33. The number of carbonyl (C=O) groups is 1. The summed E-state index contributed by atoms with van der Waals surface area (Å²) in [4.78, 5) is 12.1. The summed E-state index contributed by atoms with van der Waals surface area (Å²) in [5, 5.41) is 2.94. The van der Waals surface area contributed by atoms with Crippen LogP contribution in [0.25, 0.3) is 0 Å². The van der Waals surface area contributed by atoms with Gasteiger partial charge in [-0.1, -0.05) is 11.6 Å². The Morgan fingerprint density at radius 3 is 2.57 bits per heavy atom. The van der Waals surface area contributed by atoms with Crippen LogP contribution in [0.15, 0.2) is 35.9 Å². The van der Waals surface area contributed by atoms with Crippen molar-refractivity contribution >= 4 is 21.6 Å². The zero-order valence-electron chi connectivity index (χ0n) is 16.9. The Morgan fingerprint density at radius 2 is 1.96 bits per heavy atom. The molecule has 6 nitrogen and oxygen atoms in total. The molecule has 0 atom stereocenters. The van der Waals surface area contributed by atoms with Gasteiger partial charge in [-0.25, -0.2) is 8.42 Å². The summed E-state index contributed by atoms with van der Waals surface area (Å²) in [6.45, 7) is 3.38. The molecule has 156 valence electrons. The first-order chi connectivity index (χ1) is 13.4. The fourth-order valence-corrected chi connectivity index (χ4v) is 4.29. The van der Waals surface area contributed by atoms with Crippen molar-refractivity contribution in [3.05, 3.63) is 35.9 Å². The van der Waals surface area contributed by atoms with Crippen LogP contribution in [0.3, 0.4) is 0 Å². The predicted molar refractivity (Wildman–Crippen MR) is 113 cm³/mol. The molecule has 1 aromatic carbocycles. The largest absolute Gasteiger partial charge is 0.494 e. The smallest absolute Gasteiger partial charge is 0.232 e. The van der Waals surface area contributed by atoms with Gasteiger partial charge < -0.3 is 10.1 Å². The standard InChI is InChI=1S/C21H32N2O4S/c1-3-27-20-13-11-19(12-14-20)23(28(2,25)26)17-7-10-21(24)22-16-15-18-8-5-4-6-9-18/h8,11-14H,3-7,9-10,15-17H2,1-2H3,(H,22,24). The maximum absolute atomic E-state index is 12.2. The molecule has 0 aromatic heterocycles. The fraction of sp³-hybridized carbons (Fsp3) is 0.571. The molecule has 0 heterocycles. The van der Waals surface area contributed by atoms with Crippen molar-refractivity contribution in [2.75, 3.05) is 30.3 Å². The Hall–Kier alpha value is -2.02. The van der Waals surface area contributed by atoms with Crippen LogP contribution in [0.5, 0.6) is 5.75 Å². The van der Waals surface area contributed by atoms with E-state index < -0.39 is 10.0 Å². The summed E-state index contributed by atoms with van der Waals surface area (Å²) in [6, 6.07) is 6.96. The van der Waals surface area contributed by atoms with Gasteiger partial charge in [-0.3, -0.25) is 9.10 Å². The van der Waals surface area contributed by atoms with E-state index in [9.17, 15) is 13.2 Å². The van der Waals surface area contributed by atoms with Gasteiger partial charge >= 0.3 is 0 Å². The molecule has 0 fully saturated rings. The molecule has 28 heavy (non-hydrogen) atoms. The molecule has 0 aliphatic heterocycles. The van der Waals surface area contributed by atoms with E-state index in [-0.39, 0.29) is 12.5 Å². The summed E-state index contributed by atoms with van der Waals surface area (Å²) in [5.74, 6) is 0.670. The monoisotopic (exact) mass is 408 g/mol. The average molecular weight is 409 g/mol. The Morgan fingerprint density at radius 1 is 1.21 bits per heavy atom. The molecular weight excluding hydrogens is 376 g/mol. The normalized spacial score (nSPS) is 14.3. The minimum Gasteiger partial charge on any atom is -0.494 e. The number of nitrogens with zero attached hydrogens (tertiary/aromatic N) is 1. The second-order valence-corrected chi connectivity index (χ2v) is 8.98. The van der Waals surface area contributed by atoms with Gasteiger partial charge in [0.05, 0.1) is 18.6 Å². The molecule has 2 rings (SSSR count). The Labute approximate surface area is 169 Å². The van der Waals surface area contributed by atoms with E-state index in [1.807, 2.05) is 6.92 Å². The number of carbonyl (C=O) groups excluding carboxylic acids is 1. The topological polar surface area (TPSA) is 75.7 Å². The van der Waals surface area contributed by atoms with Gasteiger partial charge in [-0.05, 0) is 69.7 Å². The second-order valence-electron chi connectivity index (χ2n) is 7.07. The number of ether oxygens (including phenoxy) is 1. The Balaban J connectivity index is 1.79. The molecule has 0 bridgehead atoms. The van der Waals surface area contributed by atoms with E-state index in [2.05, 4.69) is 11.4 Å². The molecule has 0 unspecified atom stereocenters. The second kappa shape index (κ2) is 11.1. The van der Waals surface area contributed by atoms with Gasteiger partial charge in [0.15, 0.2) is 0 Å². The highest BCUT2D eigenvalue weighted by molar-refractivity contribution is 7.92. The number of rotatable bonds is 11.